The summed E-state index contributed by atoms with van der Waals surface area (Å²) >= 11 is 0. The zero-order chi connectivity index (χ0) is 13.1. The number of hydrogen-bond donors (Lipinski definition) is 1. The van der Waals surface area contributed by atoms with E-state index in [1.165, 1.54) is 5.56 Å². The molecule has 4 nitrogen and oxygen atoms in total. The fourth-order valence-electron chi connectivity index (χ4n) is 1.84. The molecule has 2 aromatic rings. The molecule has 4 heteroatoms. The molecule has 0 saturated heterocycles. The van der Waals surface area contributed by atoms with Crippen molar-refractivity contribution < 1.29 is 9.90 Å². The predicted molar refractivity (Wildman–Crippen MR) is 69.0 cm³/mol. The number of carboxylic acids is 1. The Morgan fingerprint density at radius 3 is 2.56 bits per heavy atom. The first-order chi connectivity index (χ1) is 8.56. The normalized spacial score (nSPS) is 10.6. The van der Waals surface area contributed by atoms with Gasteiger partial charge in [0, 0.05) is 12.1 Å². The standard InChI is InChI=1S/C14H16N2O2/c1-10-3-6-13(7-4-10)16-11(2)9-12(15-16)5-8-14(17)18/h3-4,6-7,9H,5,8H2,1-2H3,(H,17,18). The molecular weight excluding hydrogens is 228 g/mol. The summed E-state index contributed by atoms with van der Waals surface area (Å²) in [5.41, 5.74) is 4.03. The Labute approximate surface area is 106 Å². The molecule has 0 aliphatic carbocycles. The molecule has 2 rings (SSSR count). The average molecular weight is 244 g/mol. The summed E-state index contributed by atoms with van der Waals surface area (Å²) in [4.78, 5) is 10.5. The van der Waals surface area contributed by atoms with Crippen LogP contribution in [-0.4, -0.2) is 20.9 Å². The number of hydrogen-bond acceptors (Lipinski definition) is 2. The number of carbonyl (C=O) groups is 1. The lowest BCUT2D eigenvalue weighted by Crippen LogP contribution is -2.01. The Bertz CT molecular complexity index is 556. The van der Waals surface area contributed by atoms with Crippen LogP contribution in [-0.2, 0) is 11.2 Å². The SMILES string of the molecule is Cc1ccc(-n2nc(CCC(=O)O)cc2C)cc1. The van der Waals surface area contributed by atoms with Crippen LogP contribution >= 0.6 is 0 Å². The molecule has 0 bridgehead atoms. The van der Waals surface area contributed by atoms with E-state index in [1.807, 2.05) is 48.9 Å². The fraction of sp³-hybridized carbons (Fsp3) is 0.286. The van der Waals surface area contributed by atoms with Crippen molar-refractivity contribution in [2.45, 2.75) is 26.7 Å². The molecule has 18 heavy (non-hydrogen) atoms. The second kappa shape index (κ2) is 5.04. The third-order valence-corrected chi connectivity index (χ3v) is 2.81. The summed E-state index contributed by atoms with van der Waals surface area (Å²) in [6, 6.07) is 10.0. The van der Waals surface area contributed by atoms with E-state index in [-0.39, 0.29) is 6.42 Å². The largest absolute Gasteiger partial charge is 0.481 e. The van der Waals surface area contributed by atoms with Crippen LogP contribution in [0.15, 0.2) is 30.3 Å². The van der Waals surface area contributed by atoms with Crippen molar-refractivity contribution in [3.63, 3.8) is 0 Å². The first-order valence-corrected chi connectivity index (χ1v) is 5.90. The van der Waals surface area contributed by atoms with Gasteiger partial charge in [-0.15, -0.1) is 0 Å². The molecule has 0 unspecified atom stereocenters. The molecule has 1 aromatic heterocycles. The molecule has 1 heterocycles. The van der Waals surface area contributed by atoms with E-state index in [4.69, 9.17) is 5.11 Å². The third kappa shape index (κ3) is 2.77. The smallest absolute Gasteiger partial charge is 0.303 e. The van der Waals surface area contributed by atoms with Gasteiger partial charge in [0.2, 0.25) is 0 Å². The highest BCUT2D eigenvalue weighted by Gasteiger charge is 2.07. The van der Waals surface area contributed by atoms with Crippen molar-refractivity contribution in [2.24, 2.45) is 0 Å². The Morgan fingerprint density at radius 1 is 1.28 bits per heavy atom. The van der Waals surface area contributed by atoms with E-state index in [9.17, 15) is 4.79 Å². The minimum atomic E-state index is -0.794. The number of aryl methyl sites for hydroxylation is 3. The van der Waals surface area contributed by atoms with E-state index in [0.717, 1.165) is 17.1 Å². The van der Waals surface area contributed by atoms with Gasteiger partial charge in [-0.1, -0.05) is 17.7 Å². The van der Waals surface area contributed by atoms with E-state index in [0.29, 0.717) is 6.42 Å². The van der Waals surface area contributed by atoms with Crippen molar-refractivity contribution in [1.29, 1.82) is 0 Å². The zero-order valence-electron chi connectivity index (χ0n) is 10.6. The maximum absolute atomic E-state index is 10.5. The zero-order valence-corrected chi connectivity index (χ0v) is 10.6. The number of benzene rings is 1. The van der Waals surface area contributed by atoms with Crippen molar-refractivity contribution in [3.05, 3.63) is 47.3 Å². The molecule has 1 aromatic carbocycles. The van der Waals surface area contributed by atoms with Crippen molar-refractivity contribution in [2.75, 3.05) is 0 Å². The lowest BCUT2D eigenvalue weighted by molar-refractivity contribution is -0.136. The second-order valence-corrected chi connectivity index (χ2v) is 4.42. The molecule has 0 spiro atoms. The number of carboxylic acid groups (broad SMARTS) is 1. The molecular formula is C14H16N2O2. The number of aromatic nitrogens is 2. The fourth-order valence-corrected chi connectivity index (χ4v) is 1.84. The van der Waals surface area contributed by atoms with Gasteiger partial charge in [0.15, 0.2) is 0 Å². The maximum Gasteiger partial charge on any atom is 0.303 e. The number of rotatable bonds is 4. The molecule has 94 valence electrons. The minimum absolute atomic E-state index is 0.115. The minimum Gasteiger partial charge on any atom is -0.481 e. The summed E-state index contributed by atoms with van der Waals surface area (Å²) in [6.07, 6.45) is 0.583. The topological polar surface area (TPSA) is 55.1 Å². The summed E-state index contributed by atoms with van der Waals surface area (Å²) in [5, 5.41) is 13.1. The molecule has 1 N–H and O–H groups in total. The number of aliphatic carboxylic acids is 1. The van der Waals surface area contributed by atoms with Gasteiger partial charge >= 0.3 is 5.97 Å². The highest BCUT2D eigenvalue weighted by molar-refractivity contribution is 5.66. The molecule has 0 amide bonds. The quantitative estimate of drug-likeness (QED) is 0.899. The van der Waals surface area contributed by atoms with Gasteiger partial charge in [-0.25, -0.2) is 4.68 Å². The summed E-state index contributed by atoms with van der Waals surface area (Å²) in [7, 11) is 0. The number of nitrogens with zero attached hydrogens (tertiary/aromatic N) is 2. The van der Waals surface area contributed by atoms with Crippen LogP contribution in [0.3, 0.4) is 0 Å². The van der Waals surface area contributed by atoms with Gasteiger partial charge in [0.25, 0.3) is 0 Å². The van der Waals surface area contributed by atoms with Gasteiger partial charge in [-0.3, -0.25) is 4.79 Å². The molecule has 0 aliphatic rings. The van der Waals surface area contributed by atoms with Crippen molar-refractivity contribution in [3.8, 4) is 5.69 Å². The Hall–Kier alpha value is -2.10. The van der Waals surface area contributed by atoms with Crippen molar-refractivity contribution in [1.82, 2.24) is 9.78 Å². The van der Waals surface area contributed by atoms with Crippen LogP contribution in [0.2, 0.25) is 0 Å². The Balaban J connectivity index is 2.23. The van der Waals surface area contributed by atoms with E-state index in [2.05, 4.69) is 5.10 Å². The average Bonchev–Trinajstić information content (AvgIpc) is 2.69. The summed E-state index contributed by atoms with van der Waals surface area (Å²) in [6.45, 7) is 4.01. The molecule has 0 fully saturated rings. The molecule has 0 saturated carbocycles. The van der Waals surface area contributed by atoms with Crippen LogP contribution in [0.25, 0.3) is 5.69 Å². The third-order valence-electron chi connectivity index (χ3n) is 2.81. The van der Waals surface area contributed by atoms with Crippen LogP contribution < -0.4 is 0 Å². The maximum atomic E-state index is 10.5. The Kier molecular flexibility index (Phi) is 3.46. The first-order valence-electron chi connectivity index (χ1n) is 5.90. The highest BCUT2D eigenvalue weighted by Crippen LogP contribution is 2.13. The first kappa shape index (κ1) is 12.4. The van der Waals surface area contributed by atoms with Gasteiger partial charge in [-0.05, 0) is 32.0 Å². The van der Waals surface area contributed by atoms with Crippen LogP contribution in [0, 0.1) is 13.8 Å². The van der Waals surface area contributed by atoms with E-state index >= 15 is 0 Å². The molecule has 0 radical (unpaired) electrons. The molecule has 0 aliphatic heterocycles. The summed E-state index contributed by atoms with van der Waals surface area (Å²) < 4.78 is 1.84. The highest BCUT2D eigenvalue weighted by atomic mass is 16.4. The van der Waals surface area contributed by atoms with Gasteiger partial charge in [0.1, 0.15) is 0 Å². The van der Waals surface area contributed by atoms with Gasteiger partial charge < -0.3 is 5.11 Å². The van der Waals surface area contributed by atoms with Crippen LogP contribution in [0.5, 0.6) is 0 Å². The Morgan fingerprint density at radius 2 is 1.94 bits per heavy atom. The van der Waals surface area contributed by atoms with E-state index < -0.39 is 5.97 Å². The van der Waals surface area contributed by atoms with Gasteiger partial charge in [-0.2, -0.15) is 5.10 Å². The summed E-state index contributed by atoms with van der Waals surface area (Å²) in [5.74, 6) is -0.794. The van der Waals surface area contributed by atoms with Crippen molar-refractivity contribution >= 4 is 5.97 Å². The van der Waals surface area contributed by atoms with Crippen LogP contribution in [0.1, 0.15) is 23.4 Å². The lowest BCUT2D eigenvalue weighted by Gasteiger charge is -2.04. The van der Waals surface area contributed by atoms with E-state index in [1.54, 1.807) is 0 Å². The second-order valence-electron chi connectivity index (χ2n) is 4.42. The monoisotopic (exact) mass is 244 g/mol. The predicted octanol–water partition coefficient (Wildman–Crippen LogP) is 2.51. The lowest BCUT2D eigenvalue weighted by atomic mass is 10.2. The molecule has 0 atom stereocenters. The van der Waals surface area contributed by atoms with Gasteiger partial charge in [0.05, 0.1) is 17.8 Å². The van der Waals surface area contributed by atoms with Crippen LogP contribution in [0.4, 0.5) is 0 Å².